The second kappa shape index (κ2) is 7.20. The maximum absolute atomic E-state index is 12.3. The molecule has 1 amide bonds. The second-order valence-corrected chi connectivity index (χ2v) is 7.05. The molecule has 25 heavy (non-hydrogen) atoms. The quantitative estimate of drug-likeness (QED) is 0.346. The molecule has 1 aromatic heterocycles. The lowest BCUT2D eigenvalue weighted by Gasteiger charge is -2.10. The summed E-state index contributed by atoms with van der Waals surface area (Å²) in [5.74, 6) is -0.101. The highest BCUT2D eigenvalue weighted by molar-refractivity contribution is 8.26. The van der Waals surface area contributed by atoms with Gasteiger partial charge in [0.1, 0.15) is 4.32 Å². The Labute approximate surface area is 154 Å². The molecule has 2 heterocycles. The van der Waals surface area contributed by atoms with Crippen molar-refractivity contribution in [2.24, 2.45) is 0 Å². The average Bonchev–Trinajstić information content (AvgIpc) is 3.12. The first kappa shape index (κ1) is 17.4. The van der Waals surface area contributed by atoms with Crippen LogP contribution in [0.1, 0.15) is 18.2 Å². The highest BCUT2D eigenvalue weighted by atomic mass is 32.2. The van der Waals surface area contributed by atoms with E-state index in [2.05, 4.69) is 0 Å². The maximum Gasteiger partial charge on any atom is 0.274 e. The Morgan fingerprint density at radius 1 is 1.28 bits per heavy atom. The third kappa shape index (κ3) is 3.49. The smallest absolute Gasteiger partial charge is 0.274 e. The fourth-order valence-electron chi connectivity index (χ4n) is 2.62. The predicted octanol–water partition coefficient (Wildman–Crippen LogP) is 3.67. The number of amides is 1. The summed E-state index contributed by atoms with van der Waals surface area (Å²) in [7, 11) is 0. The Bertz CT molecular complexity index is 889. The van der Waals surface area contributed by atoms with Crippen LogP contribution in [-0.4, -0.2) is 31.2 Å². The number of carbonyl (C=O) groups excluding carboxylic acids is 1. The van der Waals surface area contributed by atoms with Crippen LogP contribution >= 0.6 is 24.0 Å². The fourth-order valence-corrected chi connectivity index (χ4v) is 3.98. The van der Waals surface area contributed by atoms with Gasteiger partial charge in [0.05, 0.1) is 16.4 Å². The SMILES string of the molecule is CCN1C(=O)/C(=C/c2cccn2Cc2ccccc2[N+](=O)[O-])SC1=S. The summed E-state index contributed by atoms with van der Waals surface area (Å²) in [6, 6.07) is 10.4. The van der Waals surface area contributed by atoms with E-state index in [-0.39, 0.29) is 16.5 Å². The van der Waals surface area contributed by atoms with Crippen LogP contribution < -0.4 is 0 Å². The first-order valence-electron chi connectivity index (χ1n) is 7.64. The van der Waals surface area contributed by atoms with E-state index in [1.165, 1.54) is 17.8 Å². The lowest BCUT2D eigenvalue weighted by molar-refractivity contribution is -0.385. The highest BCUT2D eigenvalue weighted by Crippen LogP contribution is 2.32. The van der Waals surface area contributed by atoms with Gasteiger partial charge in [0.15, 0.2) is 0 Å². The van der Waals surface area contributed by atoms with Gasteiger partial charge < -0.3 is 4.57 Å². The number of rotatable bonds is 5. The summed E-state index contributed by atoms with van der Waals surface area (Å²) in [6.07, 6.45) is 3.62. The molecule has 1 aliphatic heterocycles. The maximum atomic E-state index is 12.3. The monoisotopic (exact) mass is 373 g/mol. The predicted molar refractivity (Wildman–Crippen MR) is 102 cm³/mol. The Morgan fingerprint density at radius 3 is 2.72 bits per heavy atom. The number of carbonyl (C=O) groups is 1. The minimum atomic E-state index is -0.384. The van der Waals surface area contributed by atoms with Gasteiger partial charge in [0.25, 0.3) is 11.6 Å². The second-order valence-electron chi connectivity index (χ2n) is 5.37. The van der Waals surface area contributed by atoms with Crippen LogP contribution in [0.25, 0.3) is 6.08 Å². The summed E-state index contributed by atoms with van der Waals surface area (Å²) in [5.41, 5.74) is 1.49. The topological polar surface area (TPSA) is 68.4 Å². The zero-order valence-electron chi connectivity index (χ0n) is 13.4. The van der Waals surface area contributed by atoms with E-state index in [1.54, 1.807) is 29.2 Å². The normalized spacial score (nSPS) is 16.0. The number of thioether (sulfide) groups is 1. The number of nitrogens with zero attached hydrogens (tertiary/aromatic N) is 3. The van der Waals surface area contributed by atoms with Crippen molar-refractivity contribution in [3.05, 3.63) is 68.9 Å². The van der Waals surface area contributed by atoms with Crippen LogP contribution in [0, 0.1) is 10.1 Å². The van der Waals surface area contributed by atoms with Crippen molar-refractivity contribution in [3.8, 4) is 0 Å². The van der Waals surface area contributed by atoms with Crippen molar-refractivity contribution in [1.82, 2.24) is 9.47 Å². The highest BCUT2D eigenvalue weighted by Gasteiger charge is 2.30. The van der Waals surface area contributed by atoms with Gasteiger partial charge in [-0.3, -0.25) is 19.8 Å². The standard InChI is InChI=1S/C17H15N3O3S2/c1-2-19-16(21)15(25-17(19)24)10-13-7-5-9-18(13)11-12-6-3-4-8-14(12)20(22)23/h3-10H,2,11H2,1H3/b15-10-. The minimum absolute atomic E-state index is 0.0828. The van der Waals surface area contributed by atoms with Gasteiger partial charge >= 0.3 is 0 Å². The number of hydrogen-bond donors (Lipinski definition) is 0. The van der Waals surface area contributed by atoms with Crippen LogP contribution in [0.4, 0.5) is 5.69 Å². The summed E-state index contributed by atoms with van der Waals surface area (Å²) < 4.78 is 2.43. The molecule has 3 rings (SSSR count). The van der Waals surface area contributed by atoms with Crippen molar-refractivity contribution < 1.29 is 9.72 Å². The van der Waals surface area contributed by atoms with Gasteiger partial charge in [-0.15, -0.1) is 0 Å². The third-order valence-electron chi connectivity index (χ3n) is 3.86. The van der Waals surface area contributed by atoms with E-state index in [0.717, 1.165) is 5.69 Å². The molecule has 0 saturated carbocycles. The number of para-hydroxylation sites is 1. The number of benzene rings is 1. The Balaban J connectivity index is 1.90. The summed E-state index contributed by atoms with van der Waals surface area (Å²) in [5, 5.41) is 11.2. The van der Waals surface area contributed by atoms with Crippen LogP contribution in [0.5, 0.6) is 0 Å². The molecule has 0 bridgehead atoms. The Kier molecular flexibility index (Phi) is 5.00. The van der Waals surface area contributed by atoms with E-state index in [1.807, 2.05) is 29.8 Å². The van der Waals surface area contributed by atoms with Crippen LogP contribution in [0.3, 0.4) is 0 Å². The zero-order chi connectivity index (χ0) is 18.0. The Morgan fingerprint density at radius 2 is 2.04 bits per heavy atom. The van der Waals surface area contributed by atoms with E-state index >= 15 is 0 Å². The molecular formula is C17H15N3O3S2. The molecule has 8 heteroatoms. The summed E-state index contributed by atoms with van der Waals surface area (Å²) in [4.78, 5) is 25.3. The molecular weight excluding hydrogens is 358 g/mol. The molecule has 0 spiro atoms. The molecule has 1 aromatic carbocycles. The van der Waals surface area contributed by atoms with Crippen LogP contribution in [-0.2, 0) is 11.3 Å². The lowest BCUT2D eigenvalue weighted by Crippen LogP contribution is -2.27. The average molecular weight is 373 g/mol. The van der Waals surface area contributed by atoms with Crippen molar-refractivity contribution in [1.29, 1.82) is 0 Å². The molecule has 128 valence electrons. The number of likely N-dealkylation sites (N-methyl/N-ethyl adjacent to an activating group) is 1. The van der Waals surface area contributed by atoms with Crippen molar-refractivity contribution in [2.75, 3.05) is 6.54 Å². The van der Waals surface area contributed by atoms with Gasteiger partial charge in [-0.25, -0.2) is 0 Å². The van der Waals surface area contributed by atoms with Crippen molar-refractivity contribution in [2.45, 2.75) is 13.5 Å². The van der Waals surface area contributed by atoms with Gasteiger partial charge in [0, 0.05) is 30.1 Å². The number of hydrogen-bond acceptors (Lipinski definition) is 5. The number of nitro groups is 1. The molecule has 6 nitrogen and oxygen atoms in total. The van der Waals surface area contributed by atoms with E-state index in [0.29, 0.717) is 27.9 Å². The fraction of sp³-hybridized carbons (Fsp3) is 0.176. The van der Waals surface area contributed by atoms with E-state index < -0.39 is 0 Å². The largest absolute Gasteiger partial charge is 0.343 e. The molecule has 1 saturated heterocycles. The van der Waals surface area contributed by atoms with Crippen LogP contribution in [0.15, 0.2) is 47.5 Å². The Hall–Kier alpha value is -2.45. The molecule has 0 radical (unpaired) electrons. The van der Waals surface area contributed by atoms with Gasteiger partial charge in [-0.05, 0) is 25.1 Å². The molecule has 1 aliphatic rings. The van der Waals surface area contributed by atoms with E-state index in [9.17, 15) is 14.9 Å². The molecule has 0 aliphatic carbocycles. The number of nitro benzene ring substituents is 1. The van der Waals surface area contributed by atoms with Crippen LogP contribution in [0.2, 0.25) is 0 Å². The molecule has 0 atom stereocenters. The minimum Gasteiger partial charge on any atom is -0.343 e. The lowest BCUT2D eigenvalue weighted by atomic mass is 10.2. The van der Waals surface area contributed by atoms with Gasteiger partial charge in [-0.2, -0.15) is 0 Å². The summed E-state index contributed by atoms with van der Waals surface area (Å²) in [6.45, 7) is 2.77. The molecule has 0 N–H and O–H groups in total. The number of aromatic nitrogens is 1. The van der Waals surface area contributed by atoms with Crippen molar-refractivity contribution in [3.63, 3.8) is 0 Å². The first-order valence-corrected chi connectivity index (χ1v) is 8.86. The van der Waals surface area contributed by atoms with Gasteiger partial charge in [-0.1, -0.05) is 42.2 Å². The van der Waals surface area contributed by atoms with Crippen molar-refractivity contribution >= 4 is 46.0 Å². The molecule has 0 unspecified atom stereocenters. The zero-order valence-corrected chi connectivity index (χ0v) is 15.0. The molecule has 2 aromatic rings. The molecule has 1 fully saturated rings. The first-order chi connectivity index (χ1) is 12.0. The van der Waals surface area contributed by atoms with E-state index in [4.69, 9.17) is 12.2 Å². The third-order valence-corrected chi connectivity index (χ3v) is 5.24. The number of thiocarbonyl (C=S) groups is 1. The van der Waals surface area contributed by atoms with Gasteiger partial charge in [0.2, 0.25) is 0 Å². The summed E-state index contributed by atoms with van der Waals surface area (Å²) >= 11 is 6.49.